The second-order valence-corrected chi connectivity index (χ2v) is 4.30. The van der Waals surface area contributed by atoms with Crippen LogP contribution in [0.1, 0.15) is 46.0 Å². The maximum Gasteiger partial charge on any atom is 0.308 e. The molecule has 0 aromatic heterocycles. The lowest BCUT2D eigenvalue weighted by Crippen LogP contribution is -2.18. The minimum absolute atomic E-state index is 0.0249. The van der Waals surface area contributed by atoms with E-state index < -0.39 is 0 Å². The van der Waals surface area contributed by atoms with Crippen molar-refractivity contribution < 1.29 is 14.6 Å². The first kappa shape index (κ1) is 15.7. The minimum Gasteiger partial charge on any atom is -0.466 e. The maximum atomic E-state index is 11.5. The van der Waals surface area contributed by atoms with E-state index in [1.54, 1.807) is 0 Å². The number of aliphatic hydroxyl groups is 1. The largest absolute Gasteiger partial charge is 0.466 e. The van der Waals surface area contributed by atoms with Gasteiger partial charge in [0.25, 0.3) is 0 Å². The summed E-state index contributed by atoms with van der Waals surface area (Å²) in [4.78, 5) is 11.5. The Hall–Kier alpha value is -0.280. The zero-order valence-corrected chi connectivity index (χ0v) is 11.0. The molecule has 0 aromatic carbocycles. The number of ether oxygens (including phenoxy) is 1. The molecule has 0 aliphatic rings. The monoisotopic (exact) mass is 250 g/mol. The molecule has 4 heteroatoms. The Bertz CT molecular complexity index is 185. The van der Waals surface area contributed by atoms with Gasteiger partial charge in [-0.2, -0.15) is 0 Å². The number of hydrogen-bond donors (Lipinski definition) is 1. The molecule has 0 radical (unpaired) electrons. The molecule has 0 spiro atoms. The van der Waals surface area contributed by atoms with Gasteiger partial charge in [-0.05, 0) is 32.6 Å². The van der Waals surface area contributed by atoms with Crippen molar-refractivity contribution in [2.24, 2.45) is 5.92 Å². The normalized spacial score (nSPS) is 14.5. The van der Waals surface area contributed by atoms with Crippen LogP contribution >= 0.6 is 11.6 Å². The van der Waals surface area contributed by atoms with Crippen molar-refractivity contribution in [1.29, 1.82) is 0 Å². The van der Waals surface area contributed by atoms with E-state index in [1.807, 2.05) is 13.8 Å². The number of rotatable bonds is 9. The Balaban J connectivity index is 3.74. The molecular weight excluding hydrogens is 228 g/mol. The highest BCUT2D eigenvalue weighted by Crippen LogP contribution is 2.16. The number of carbonyl (C=O) groups excluding carboxylic acids is 1. The highest BCUT2D eigenvalue weighted by molar-refractivity contribution is 6.17. The fourth-order valence-electron chi connectivity index (χ4n) is 1.62. The molecule has 0 amide bonds. The van der Waals surface area contributed by atoms with Crippen molar-refractivity contribution in [3.63, 3.8) is 0 Å². The number of hydrogen-bond acceptors (Lipinski definition) is 3. The third-order valence-electron chi connectivity index (χ3n) is 2.64. The first-order chi connectivity index (χ1) is 7.65. The minimum atomic E-state index is -0.336. The lowest BCUT2D eigenvalue weighted by atomic mass is 9.98. The maximum absolute atomic E-state index is 11.5. The van der Waals surface area contributed by atoms with Crippen molar-refractivity contribution in [1.82, 2.24) is 0 Å². The van der Waals surface area contributed by atoms with E-state index in [0.717, 1.165) is 19.3 Å². The summed E-state index contributed by atoms with van der Waals surface area (Å²) >= 11 is 5.52. The summed E-state index contributed by atoms with van der Waals surface area (Å²) in [6, 6.07) is 0. The number of carbonyl (C=O) groups is 1. The molecule has 3 nitrogen and oxygen atoms in total. The summed E-state index contributed by atoms with van der Waals surface area (Å²) in [5.74, 6) is 0.343. The summed E-state index contributed by atoms with van der Waals surface area (Å²) in [6.45, 7) is 4.23. The predicted octanol–water partition coefficient (Wildman–Crippen LogP) is 2.74. The first-order valence-corrected chi connectivity index (χ1v) is 6.59. The van der Waals surface area contributed by atoms with Crippen molar-refractivity contribution >= 4 is 17.6 Å². The topological polar surface area (TPSA) is 46.5 Å². The molecule has 0 heterocycles. The van der Waals surface area contributed by atoms with Gasteiger partial charge in [0.05, 0.1) is 18.6 Å². The molecule has 16 heavy (non-hydrogen) atoms. The molecule has 0 bridgehead atoms. The summed E-state index contributed by atoms with van der Waals surface area (Å²) in [7, 11) is 0. The van der Waals surface area contributed by atoms with Gasteiger partial charge in [0.2, 0.25) is 0 Å². The van der Waals surface area contributed by atoms with Gasteiger partial charge in [-0.15, -0.1) is 11.6 Å². The highest BCUT2D eigenvalue weighted by atomic mass is 35.5. The molecule has 0 aliphatic carbocycles. The fraction of sp³-hybridized carbons (Fsp3) is 0.917. The van der Waals surface area contributed by atoms with Crippen LogP contribution in [0.5, 0.6) is 0 Å². The van der Waals surface area contributed by atoms with Crippen LogP contribution in [-0.2, 0) is 9.53 Å². The van der Waals surface area contributed by atoms with Crippen LogP contribution in [0.4, 0.5) is 0 Å². The van der Waals surface area contributed by atoms with E-state index in [4.69, 9.17) is 16.3 Å². The molecule has 1 N–H and O–H groups in total. The van der Waals surface area contributed by atoms with Gasteiger partial charge >= 0.3 is 5.97 Å². The predicted molar refractivity (Wildman–Crippen MR) is 65.6 cm³/mol. The smallest absolute Gasteiger partial charge is 0.308 e. The van der Waals surface area contributed by atoms with Crippen LogP contribution in [0, 0.1) is 5.92 Å². The van der Waals surface area contributed by atoms with Gasteiger partial charge in [-0.25, -0.2) is 0 Å². The molecule has 0 rings (SSSR count). The SMILES string of the molecule is CCOC(=O)C(CC)CCCC(O)CCCl. The van der Waals surface area contributed by atoms with E-state index in [9.17, 15) is 9.90 Å². The van der Waals surface area contributed by atoms with Crippen LogP contribution in [0.15, 0.2) is 0 Å². The molecule has 0 saturated carbocycles. The Morgan fingerprint density at radius 1 is 1.31 bits per heavy atom. The van der Waals surface area contributed by atoms with Gasteiger partial charge in [-0.1, -0.05) is 13.3 Å². The number of esters is 1. The molecule has 2 atom stereocenters. The second kappa shape index (κ2) is 9.91. The Morgan fingerprint density at radius 3 is 2.50 bits per heavy atom. The molecule has 0 fully saturated rings. The van der Waals surface area contributed by atoms with Crippen molar-refractivity contribution in [3.05, 3.63) is 0 Å². The molecule has 0 saturated heterocycles. The van der Waals surface area contributed by atoms with Crippen LogP contribution in [0.2, 0.25) is 0 Å². The third kappa shape index (κ3) is 7.07. The van der Waals surface area contributed by atoms with Gasteiger partial charge in [0.15, 0.2) is 0 Å². The molecule has 0 aliphatic heterocycles. The lowest BCUT2D eigenvalue weighted by Gasteiger charge is -2.14. The van der Waals surface area contributed by atoms with E-state index >= 15 is 0 Å². The van der Waals surface area contributed by atoms with Gasteiger partial charge in [0.1, 0.15) is 0 Å². The van der Waals surface area contributed by atoms with Crippen LogP contribution in [0.3, 0.4) is 0 Å². The van der Waals surface area contributed by atoms with Crippen molar-refractivity contribution in [3.8, 4) is 0 Å². The van der Waals surface area contributed by atoms with Crippen LogP contribution < -0.4 is 0 Å². The van der Waals surface area contributed by atoms with Crippen LogP contribution in [0.25, 0.3) is 0 Å². The standard InChI is InChI=1S/C12H23ClO3/c1-3-10(12(15)16-4-2)6-5-7-11(14)8-9-13/h10-11,14H,3-9H2,1-2H3. The molecule has 0 aromatic rings. The number of aliphatic hydroxyl groups excluding tert-OH is 1. The highest BCUT2D eigenvalue weighted by Gasteiger charge is 2.17. The van der Waals surface area contributed by atoms with Crippen LogP contribution in [-0.4, -0.2) is 29.7 Å². The van der Waals surface area contributed by atoms with E-state index in [-0.39, 0.29) is 18.0 Å². The first-order valence-electron chi connectivity index (χ1n) is 6.06. The zero-order valence-electron chi connectivity index (χ0n) is 10.2. The summed E-state index contributed by atoms with van der Waals surface area (Å²) in [5.41, 5.74) is 0. The van der Waals surface area contributed by atoms with Crippen molar-refractivity contribution in [2.75, 3.05) is 12.5 Å². The summed E-state index contributed by atoms with van der Waals surface area (Å²) in [5, 5.41) is 9.48. The third-order valence-corrected chi connectivity index (χ3v) is 2.86. The summed E-state index contributed by atoms with van der Waals surface area (Å²) in [6.07, 6.45) is 3.42. The van der Waals surface area contributed by atoms with Gasteiger partial charge < -0.3 is 9.84 Å². The van der Waals surface area contributed by atoms with Gasteiger partial charge in [-0.3, -0.25) is 4.79 Å². The number of halogens is 1. The quantitative estimate of drug-likeness (QED) is 0.506. The fourth-order valence-corrected chi connectivity index (χ4v) is 1.87. The second-order valence-electron chi connectivity index (χ2n) is 3.92. The van der Waals surface area contributed by atoms with E-state index in [1.165, 1.54) is 0 Å². The summed E-state index contributed by atoms with van der Waals surface area (Å²) < 4.78 is 4.98. The molecular formula is C12H23ClO3. The molecule has 96 valence electrons. The molecule has 2 unspecified atom stereocenters. The Morgan fingerprint density at radius 2 is 2.00 bits per heavy atom. The number of alkyl halides is 1. The van der Waals surface area contributed by atoms with E-state index in [0.29, 0.717) is 25.3 Å². The van der Waals surface area contributed by atoms with Gasteiger partial charge in [0, 0.05) is 5.88 Å². The zero-order chi connectivity index (χ0) is 12.4. The average Bonchev–Trinajstić information content (AvgIpc) is 2.25. The van der Waals surface area contributed by atoms with E-state index in [2.05, 4.69) is 0 Å². The lowest BCUT2D eigenvalue weighted by molar-refractivity contribution is -0.148. The average molecular weight is 251 g/mol. The Kier molecular flexibility index (Phi) is 9.74. The van der Waals surface area contributed by atoms with Crippen molar-refractivity contribution in [2.45, 2.75) is 52.1 Å². The Labute approximate surface area is 103 Å².